The summed E-state index contributed by atoms with van der Waals surface area (Å²) in [5, 5.41) is 0.474. The van der Waals surface area contributed by atoms with Gasteiger partial charge in [0.1, 0.15) is 5.82 Å². The summed E-state index contributed by atoms with van der Waals surface area (Å²) in [5.41, 5.74) is 0. The summed E-state index contributed by atoms with van der Waals surface area (Å²) in [5.74, 6) is 0.846. The predicted molar refractivity (Wildman–Crippen MR) is 81.2 cm³/mol. The Hall–Kier alpha value is -0.890. The average Bonchev–Trinajstić information content (AvgIpc) is 2.91. The van der Waals surface area contributed by atoms with Crippen molar-refractivity contribution in [3.63, 3.8) is 0 Å². The minimum atomic E-state index is -3.51. The fourth-order valence-electron chi connectivity index (χ4n) is 1.62. The van der Waals surface area contributed by atoms with Crippen molar-refractivity contribution in [3.05, 3.63) is 45.9 Å². The third-order valence-electron chi connectivity index (χ3n) is 2.64. The van der Waals surface area contributed by atoms with Crippen LogP contribution in [0.5, 0.6) is 0 Å². The van der Waals surface area contributed by atoms with Crippen molar-refractivity contribution in [2.75, 3.05) is 6.54 Å². The first kappa shape index (κ1) is 15.5. The first-order valence-electron chi connectivity index (χ1n) is 5.92. The van der Waals surface area contributed by atoms with E-state index in [1.54, 1.807) is 18.5 Å². The van der Waals surface area contributed by atoms with Gasteiger partial charge in [0.15, 0.2) is 0 Å². The summed E-state index contributed by atoms with van der Waals surface area (Å²) in [6.07, 6.45) is 4.77. The lowest BCUT2D eigenvalue weighted by Crippen LogP contribution is -2.25. The summed E-state index contributed by atoms with van der Waals surface area (Å²) >= 11 is 9.05. The number of aromatic nitrogens is 2. The van der Waals surface area contributed by atoms with Crippen LogP contribution in [0.25, 0.3) is 0 Å². The monoisotopic (exact) mass is 377 g/mol. The van der Waals surface area contributed by atoms with E-state index in [1.807, 2.05) is 0 Å². The third-order valence-corrected chi connectivity index (χ3v) is 5.31. The van der Waals surface area contributed by atoms with E-state index in [4.69, 9.17) is 11.6 Å². The van der Waals surface area contributed by atoms with Gasteiger partial charge in [0.25, 0.3) is 0 Å². The molecule has 2 rings (SSSR count). The van der Waals surface area contributed by atoms with Gasteiger partial charge in [-0.25, -0.2) is 18.1 Å². The van der Waals surface area contributed by atoms with Crippen LogP contribution in [-0.2, 0) is 16.4 Å². The van der Waals surface area contributed by atoms with Crippen molar-refractivity contribution in [1.29, 1.82) is 0 Å². The number of nitrogens with zero attached hydrogens (tertiary/aromatic N) is 1. The van der Waals surface area contributed by atoms with E-state index < -0.39 is 10.0 Å². The molecule has 0 saturated carbocycles. The Morgan fingerprint density at radius 2 is 2.20 bits per heavy atom. The zero-order valence-corrected chi connectivity index (χ0v) is 13.6. The second-order valence-electron chi connectivity index (χ2n) is 4.11. The number of aryl methyl sites for hydroxylation is 1. The molecule has 2 aromatic rings. The summed E-state index contributed by atoms with van der Waals surface area (Å²) in [6, 6.07) is 4.50. The summed E-state index contributed by atoms with van der Waals surface area (Å²) in [4.78, 5) is 7.23. The normalized spacial score (nSPS) is 11.7. The molecule has 1 aromatic heterocycles. The van der Waals surface area contributed by atoms with Gasteiger partial charge in [-0.2, -0.15) is 0 Å². The van der Waals surface area contributed by atoms with Crippen LogP contribution in [-0.4, -0.2) is 24.9 Å². The fourth-order valence-corrected chi connectivity index (χ4v) is 3.37. The standard InChI is InChI=1S/C12H13BrClN3O2S/c13-10-8-9(3-4-11(10)14)20(18,19)17-5-1-2-12-15-6-7-16-12/h3-4,6-8,17H,1-2,5H2,(H,15,16). The molecule has 2 N–H and O–H groups in total. The number of benzene rings is 1. The molecule has 0 unspecified atom stereocenters. The van der Waals surface area contributed by atoms with Crippen molar-refractivity contribution in [2.45, 2.75) is 17.7 Å². The number of nitrogens with one attached hydrogen (secondary N) is 2. The number of sulfonamides is 1. The highest BCUT2D eigenvalue weighted by molar-refractivity contribution is 9.10. The van der Waals surface area contributed by atoms with E-state index in [1.165, 1.54) is 12.1 Å². The molecule has 8 heteroatoms. The van der Waals surface area contributed by atoms with Crippen LogP contribution in [0.2, 0.25) is 5.02 Å². The maximum Gasteiger partial charge on any atom is 0.240 e. The fraction of sp³-hybridized carbons (Fsp3) is 0.250. The molecule has 1 heterocycles. The first-order chi connectivity index (χ1) is 9.49. The van der Waals surface area contributed by atoms with Gasteiger partial charge in [0.2, 0.25) is 10.0 Å². The number of hydrogen-bond acceptors (Lipinski definition) is 3. The number of rotatable bonds is 6. The molecule has 0 atom stereocenters. The van der Waals surface area contributed by atoms with Crippen LogP contribution in [0.15, 0.2) is 40.0 Å². The predicted octanol–water partition coefficient (Wildman–Crippen LogP) is 2.74. The van der Waals surface area contributed by atoms with Gasteiger partial charge in [0.05, 0.1) is 9.92 Å². The Morgan fingerprint density at radius 3 is 2.85 bits per heavy atom. The first-order valence-corrected chi connectivity index (χ1v) is 8.57. The Labute approximate surface area is 130 Å². The molecule has 0 bridgehead atoms. The van der Waals surface area contributed by atoms with Gasteiger partial charge in [-0.15, -0.1) is 0 Å². The molecular formula is C12H13BrClN3O2S. The number of halogens is 2. The number of imidazole rings is 1. The molecule has 5 nitrogen and oxygen atoms in total. The number of hydrogen-bond donors (Lipinski definition) is 2. The van der Waals surface area contributed by atoms with Gasteiger partial charge in [-0.05, 0) is 40.5 Å². The second kappa shape index (κ2) is 6.71. The zero-order valence-electron chi connectivity index (χ0n) is 10.4. The Balaban J connectivity index is 1.92. The average molecular weight is 379 g/mol. The van der Waals surface area contributed by atoms with Gasteiger partial charge in [-0.3, -0.25) is 0 Å². The molecule has 20 heavy (non-hydrogen) atoms. The molecule has 0 spiro atoms. The van der Waals surface area contributed by atoms with Gasteiger partial charge < -0.3 is 4.98 Å². The second-order valence-corrected chi connectivity index (χ2v) is 7.14. The maximum atomic E-state index is 12.1. The Morgan fingerprint density at radius 1 is 1.40 bits per heavy atom. The smallest absolute Gasteiger partial charge is 0.240 e. The van der Waals surface area contributed by atoms with Crippen LogP contribution >= 0.6 is 27.5 Å². The highest BCUT2D eigenvalue weighted by atomic mass is 79.9. The van der Waals surface area contributed by atoms with Gasteiger partial charge in [-0.1, -0.05) is 11.6 Å². The third kappa shape index (κ3) is 4.05. The Bertz CT molecular complexity index is 674. The molecule has 0 fully saturated rings. The van der Waals surface area contributed by atoms with Crippen molar-refractivity contribution >= 4 is 37.6 Å². The largest absolute Gasteiger partial charge is 0.349 e. The SMILES string of the molecule is O=S(=O)(NCCCc1ncc[nH]1)c1ccc(Cl)c(Br)c1. The lowest BCUT2D eigenvalue weighted by Gasteiger charge is -2.07. The van der Waals surface area contributed by atoms with Crippen LogP contribution in [0.3, 0.4) is 0 Å². The molecule has 0 aliphatic heterocycles. The lowest BCUT2D eigenvalue weighted by molar-refractivity contribution is 0.578. The van der Waals surface area contributed by atoms with E-state index in [9.17, 15) is 8.42 Å². The van der Waals surface area contributed by atoms with E-state index in [-0.39, 0.29) is 4.90 Å². The number of H-pyrrole nitrogens is 1. The maximum absolute atomic E-state index is 12.1. The van der Waals surface area contributed by atoms with Crippen LogP contribution < -0.4 is 4.72 Å². The lowest BCUT2D eigenvalue weighted by atomic mass is 10.3. The minimum Gasteiger partial charge on any atom is -0.349 e. The summed E-state index contributed by atoms with van der Waals surface area (Å²) in [6.45, 7) is 0.350. The van der Waals surface area contributed by atoms with Crippen LogP contribution in [0.4, 0.5) is 0 Å². The summed E-state index contributed by atoms with van der Waals surface area (Å²) < 4.78 is 27.2. The quantitative estimate of drug-likeness (QED) is 0.759. The van der Waals surface area contributed by atoms with Crippen molar-refractivity contribution in [1.82, 2.24) is 14.7 Å². The topological polar surface area (TPSA) is 74.8 Å². The molecular weight excluding hydrogens is 366 g/mol. The number of aromatic amines is 1. The molecule has 0 saturated heterocycles. The van der Waals surface area contributed by atoms with Crippen molar-refractivity contribution in [2.24, 2.45) is 0 Å². The van der Waals surface area contributed by atoms with Gasteiger partial charge in [0, 0.05) is 29.8 Å². The molecule has 0 amide bonds. The van der Waals surface area contributed by atoms with E-state index in [0.29, 0.717) is 28.9 Å². The van der Waals surface area contributed by atoms with Crippen molar-refractivity contribution < 1.29 is 8.42 Å². The zero-order chi connectivity index (χ0) is 14.6. The highest BCUT2D eigenvalue weighted by Crippen LogP contribution is 2.25. The Kier molecular flexibility index (Phi) is 5.20. The minimum absolute atomic E-state index is 0.187. The molecule has 0 radical (unpaired) electrons. The van der Waals surface area contributed by atoms with Crippen molar-refractivity contribution in [3.8, 4) is 0 Å². The summed E-state index contributed by atoms with van der Waals surface area (Å²) in [7, 11) is -3.51. The van der Waals surface area contributed by atoms with E-state index in [2.05, 4.69) is 30.6 Å². The molecule has 108 valence electrons. The van der Waals surface area contributed by atoms with Gasteiger partial charge >= 0.3 is 0 Å². The van der Waals surface area contributed by atoms with Crippen LogP contribution in [0.1, 0.15) is 12.2 Å². The van der Waals surface area contributed by atoms with E-state index in [0.717, 1.165) is 5.82 Å². The molecule has 0 aliphatic carbocycles. The molecule has 1 aromatic carbocycles. The van der Waals surface area contributed by atoms with E-state index >= 15 is 0 Å². The highest BCUT2D eigenvalue weighted by Gasteiger charge is 2.14. The van der Waals surface area contributed by atoms with Crippen LogP contribution in [0, 0.1) is 0 Å². The molecule has 0 aliphatic rings.